The van der Waals surface area contributed by atoms with Crippen LogP contribution in [-0.2, 0) is 4.79 Å². The van der Waals surface area contributed by atoms with Crippen LogP contribution in [0.5, 0.6) is 0 Å². The van der Waals surface area contributed by atoms with Gasteiger partial charge in [-0.2, -0.15) is 0 Å². The zero-order valence-electron chi connectivity index (χ0n) is 12.6. The molecule has 0 spiro atoms. The van der Waals surface area contributed by atoms with E-state index in [0.717, 1.165) is 0 Å². The van der Waals surface area contributed by atoms with Crippen molar-refractivity contribution in [2.24, 2.45) is 17.1 Å². The van der Waals surface area contributed by atoms with Crippen molar-refractivity contribution < 1.29 is 9.18 Å². The minimum Gasteiger partial charge on any atom is -0.392 e. The summed E-state index contributed by atoms with van der Waals surface area (Å²) in [5, 5.41) is 0. The topological polar surface area (TPSA) is 46.3 Å². The van der Waals surface area contributed by atoms with Crippen LogP contribution in [0.25, 0.3) is 0 Å². The third kappa shape index (κ3) is 2.67. The van der Waals surface area contributed by atoms with Gasteiger partial charge in [0.05, 0.1) is 16.4 Å². The van der Waals surface area contributed by atoms with Crippen LogP contribution >= 0.6 is 12.2 Å². The number of carbonyl (C=O) groups excluding carboxylic acids is 1. The van der Waals surface area contributed by atoms with E-state index in [1.54, 1.807) is 30.1 Å². The lowest BCUT2D eigenvalue weighted by Gasteiger charge is -2.47. The Bertz CT molecular complexity index is 569. The maximum Gasteiger partial charge on any atom is 0.235 e. The van der Waals surface area contributed by atoms with E-state index < -0.39 is 5.41 Å². The van der Waals surface area contributed by atoms with E-state index in [2.05, 4.69) is 6.92 Å². The van der Waals surface area contributed by atoms with Crippen LogP contribution in [0.1, 0.15) is 38.3 Å². The molecule has 0 aromatic heterocycles. The summed E-state index contributed by atoms with van der Waals surface area (Å²) in [6.45, 7) is 3.88. The van der Waals surface area contributed by atoms with Gasteiger partial charge in [-0.05, 0) is 31.7 Å². The van der Waals surface area contributed by atoms with Gasteiger partial charge >= 0.3 is 0 Å². The SMILES string of the molecule is CC1CC(C(=O)N(C)C(C)c2ccccc2F)(C(N)=S)C1. The third-order valence-corrected chi connectivity index (χ3v) is 4.92. The molecule has 5 heteroatoms. The lowest BCUT2D eigenvalue weighted by atomic mass is 9.61. The number of halogens is 1. The smallest absolute Gasteiger partial charge is 0.235 e. The maximum atomic E-state index is 13.9. The second-order valence-corrected chi connectivity index (χ2v) is 6.51. The Morgan fingerprint density at radius 2 is 2.05 bits per heavy atom. The Morgan fingerprint density at radius 3 is 2.52 bits per heavy atom. The van der Waals surface area contributed by atoms with Crippen LogP contribution < -0.4 is 5.73 Å². The van der Waals surface area contributed by atoms with E-state index in [1.807, 2.05) is 6.92 Å². The predicted octanol–water partition coefficient (Wildman–Crippen LogP) is 3.05. The Balaban J connectivity index is 2.23. The first-order chi connectivity index (χ1) is 9.79. The van der Waals surface area contributed by atoms with Gasteiger partial charge in [0, 0.05) is 12.6 Å². The Hall–Kier alpha value is -1.49. The van der Waals surface area contributed by atoms with E-state index in [4.69, 9.17) is 18.0 Å². The quantitative estimate of drug-likeness (QED) is 0.870. The van der Waals surface area contributed by atoms with Crippen LogP contribution in [-0.4, -0.2) is 22.8 Å². The van der Waals surface area contributed by atoms with E-state index in [1.165, 1.54) is 6.07 Å². The molecule has 1 aromatic rings. The molecule has 1 fully saturated rings. The molecule has 0 radical (unpaired) electrons. The fraction of sp³-hybridized carbons (Fsp3) is 0.500. The van der Waals surface area contributed by atoms with Crippen LogP contribution in [0.4, 0.5) is 4.39 Å². The molecule has 1 aliphatic rings. The Labute approximate surface area is 130 Å². The summed E-state index contributed by atoms with van der Waals surface area (Å²) in [6, 6.07) is 6.14. The molecular formula is C16H21FN2OS. The predicted molar refractivity (Wildman–Crippen MR) is 85.2 cm³/mol. The van der Waals surface area contributed by atoms with Gasteiger partial charge in [-0.3, -0.25) is 4.79 Å². The molecule has 1 aromatic carbocycles. The molecule has 114 valence electrons. The first kappa shape index (κ1) is 15.9. The number of carbonyl (C=O) groups is 1. The first-order valence-electron chi connectivity index (χ1n) is 7.11. The average molecular weight is 308 g/mol. The fourth-order valence-corrected chi connectivity index (χ4v) is 3.40. The molecule has 2 rings (SSSR count). The van der Waals surface area contributed by atoms with Crippen molar-refractivity contribution in [3.05, 3.63) is 35.6 Å². The monoisotopic (exact) mass is 308 g/mol. The summed E-state index contributed by atoms with van der Waals surface area (Å²) in [4.78, 5) is 14.6. The zero-order valence-corrected chi connectivity index (χ0v) is 13.4. The number of thiocarbonyl (C=S) groups is 1. The molecule has 1 atom stereocenters. The Morgan fingerprint density at radius 1 is 1.48 bits per heavy atom. The molecular weight excluding hydrogens is 287 g/mol. The molecule has 1 unspecified atom stereocenters. The normalized spacial score (nSPS) is 25.8. The van der Waals surface area contributed by atoms with Crippen molar-refractivity contribution in [2.75, 3.05) is 7.05 Å². The number of nitrogens with two attached hydrogens (primary N) is 1. The number of hydrogen-bond donors (Lipinski definition) is 1. The maximum absolute atomic E-state index is 13.9. The molecule has 1 saturated carbocycles. The summed E-state index contributed by atoms with van der Waals surface area (Å²) in [5.41, 5.74) is 5.56. The molecule has 0 heterocycles. The zero-order chi connectivity index (χ0) is 15.8. The van der Waals surface area contributed by atoms with Crippen molar-refractivity contribution in [3.63, 3.8) is 0 Å². The summed E-state index contributed by atoms with van der Waals surface area (Å²) < 4.78 is 13.9. The van der Waals surface area contributed by atoms with Gasteiger partial charge in [0.1, 0.15) is 5.82 Å². The van der Waals surface area contributed by atoms with E-state index in [-0.39, 0.29) is 22.8 Å². The van der Waals surface area contributed by atoms with Gasteiger partial charge in [0.25, 0.3) is 0 Å². The summed E-state index contributed by atoms with van der Waals surface area (Å²) >= 11 is 5.11. The van der Waals surface area contributed by atoms with Crippen molar-refractivity contribution >= 4 is 23.1 Å². The van der Waals surface area contributed by atoms with Gasteiger partial charge in [-0.25, -0.2) is 4.39 Å². The van der Waals surface area contributed by atoms with Crippen molar-refractivity contribution in [1.29, 1.82) is 0 Å². The first-order valence-corrected chi connectivity index (χ1v) is 7.52. The van der Waals surface area contributed by atoms with E-state index in [0.29, 0.717) is 24.3 Å². The van der Waals surface area contributed by atoms with Crippen molar-refractivity contribution in [1.82, 2.24) is 4.90 Å². The highest BCUT2D eigenvalue weighted by atomic mass is 32.1. The van der Waals surface area contributed by atoms with Gasteiger partial charge in [-0.15, -0.1) is 0 Å². The lowest BCUT2D eigenvalue weighted by Crippen LogP contribution is -2.56. The molecule has 1 amide bonds. The third-order valence-electron chi connectivity index (χ3n) is 4.53. The highest BCUT2D eigenvalue weighted by Gasteiger charge is 2.52. The van der Waals surface area contributed by atoms with Crippen LogP contribution in [0.3, 0.4) is 0 Å². The number of rotatable bonds is 4. The molecule has 2 N–H and O–H groups in total. The number of nitrogens with zero attached hydrogens (tertiary/aromatic N) is 1. The molecule has 21 heavy (non-hydrogen) atoms. The largest absolute Gasteiger partial charge is 0.392 e. The van der Waals surface area contributed by atoms with Crippen molar-refractivity contribution in [2.45, 2.75) is 32.7 Å². The number of hydrogen-bond acceptors (Lipinski definition) is 2. The molecule has 1 aliphatic carbocycles. The second-order valence-electron chi connectivity index (χ2n) is 6.07. The average Bonchev–Trinajstić information content (AvgIpc) is 2.41. The summed E-state index contributed by atoms with van der Waals surface area (Å²) in [7, 11) is 1.68. The van der Waals surface area contributed by atoms with E-state index in [9.17, 15) is 9.18 Å². The van der Waals surface area contributed by atoms with Gasteiger partial charge < -0.3 is 10.6 Å². The summed E-state index contributed by atoms with van der Waals surface area (Å²) in [5.74, 6) is 0.0208. The molecule has 0 saturated heterocycles. The van der Waals surface area contributed by atoms with Gasteiger partial charge in [0.15, 0.2) is 0 Å². The minimum absolute atomic E-state index is 0.108. The van der Waals surface area contributed by atoms with Gasteiger partial charge in [0.2, 0.25) is 5.91 Å². The number of amides is 1. The van der Waals surface area contributed by atoms with Crippen molar-refractivity contribution in [3.8, 4) is 0 Å². The van der Waals surface area contributed by atoms with Crippen LogP contribution in [0, 0.1) is 17.2 Å². The second kappa shape index (κ2) is 5.72. The molecule has 0 bridgehead atoms. The number of benzene rings is 1. The Kier molecular flexibility index (Phi) is 4.33. The molecule has 3 nitrogen and oxygen atoms in total. The highest BCUT2D eigenvalue weighted by Crippen LogP contribution is 2.47. The lowest BCUT2D eigenvalue weighted by molar-refractivity contribution is -0.144. The summed E-state index contributed by atoms with van der Waals surface area (Å²) in [6.07, 6.45) is 1.35. The van der Waals surface area contributed by atoms with E-state index >= 15 is 0 Å². The van der Waals surface area contributed by atoms with Crippen LogP contribution in [0.15, 0.2) is 24.3 Å². The minimum atomic E-state index is -0.747. The highest BCUT2D eigenvalue weighted by molar-refractivity contribution is 7.80. The fourth-order valence-electron chi connectivity index (χ4n) is 3.15. The van der Waals surface area contributed by atoms with Crippen LogP contribution in [0.2, 0.25) is 0 Å². The molecule has 0 aliphatic heterocycles. The standard InChI is InChI=1S/C16H21FN2OS/c1-10-8-16(9-10,14(18)21)15(20)19(3)11(2)12-6-4-5-7-13(12)17/h4-7,10-11H,8-9H2,1-3H3,(H2,18,21). The van der Waals surface area contributed by atoms with Gasteiger partial charge in [-0.1, -0.05) is 37.3 Å².